The van der Waals surface area contributed by atoms with Gasteiger partial charge in [0.15, 0.2) is 0 Å². The second-order valence-corrected chi connectivity index (χ2v) is 9.18. The molecule has 2 aromatic rings. The molecule has 0 spiro atoms. The molecule has 0 unspecified atom stereocenters. The number of hydrogen-bond donors (Lipinski definition) is 1. The summed E-state index contributed by atoms with van der Waals surface area (Å²) in [5.74, 6) is -0.253. The summed E-state index contributed by atoms with van der Waals surface area (Å²) in [4.78, 5) is 12.6. The van der Waals surface area contributed by atoms with Crippen LogP contribution in [0, 0.1) is 0 Å². The third kappa shape index (κ3) is 4.82. The Labute approximate surface area is 171 Å². The Balaban J connectivity index is 1.96. The number of nitrogens with one attached hydrogen (secondary N) is 1. The highest BCUT2D eigenvalue weighted by Crippen LogP contribution is 2.25. The Morgan fingerprint density at radius 3 is 2.50 bits per heavy atom. The molecule has 28 heavy (non-hydrogen) atoms. The molecule has 1 heterocycles. The van der Waals surface area contributed by atoms with Crippen molar-refractivity contribution >= 4 is 33.6 Å². The van der Waals surface area contributed by atoms with E-state index in [9.17, 15) is 13.2 Å². The van der Waals surface area contributed by atoms with Gasteiger partial charge >= 0.3 is 0 Å². The molecule has 1 saturated heterocycles. The van der Waals surface area contributed by atoms with Crippen molar-refractivity contribution in [2.75, 3.05) is 13.1 Å². The standard InChI is InChI=1S/C21H23ClN2O3S/c1-16(14-17-6-3-2-4-7-17)15-24(20-8-5-13-23-21(20)25)28(26,27)19-11-9-18(22)10-12-19/h2-4,6-7,9-12,14,20H,5,8,13,15H2,1H3,(H,23,25)/b16-14+/t20-/m1/s1. The van der Waals surface area contributed by atoms with Gasteiger partial charge in [0.05, 0.1) is 4.90 Å². The van der Waals surface area contributed by atoms with Crippen LogP contribution in [0.4, 0.5) is 0 Å². The lowest BCUT2D eigenvalue weighted by Gasteiger charge is -2.33. The number of nitrogens with zero attached hydrogens (tertiary/aromatic N) is 1. The average Bonchev–Trinajstić information content (AvgIpc) is 2.68. The molecule has 0 aliphatic carbocycles. The Morgan fingerprint density at radius 2 is 1.86 bits per heavy atom. The van der Waals surface area contributed by atoms with E-state index in [1.54, 1.807) is 12.1 Å². The quantitative estimate of drug-likeness (QED) is 0.777. The van der Waals surface area contributed by atoms with Crippen LogP contribution in [0.3, 0.4) is 0 Å². The molecular weight excluding hydrogens is 396 g/mol. The van der Waals surface area contributed by atoms with Gasteiger partial charge in [-0.2, -0.15) is 4.31 Å². The van der Waals surface area contributed by atoms with E-state index in [4.69, 9.17) is 11.6 Å². The maximum Gasteiger partial charge on any atom is 0.244 e. The van der Waals surface area contributed by atoms with Crippen LogP contribution in [0.15, 0.2) is 65.1 Å². The van der Waals surface area contributed by atoms with Gasteiger partial charge in [-0.1, -0.05) is 53.6 Å². The number of sulfonamides is 1. The summed E-state index contributed by atoms with van der Waals surface area (Å²) in [6, 6.07) is 15.0. The molecule has 0 aromatic heterocycles. The first-order chi connectivity index (χ1) is 13.4. The van der Waals surface area contributed by atoms with E-state index < -0.39 is 16.1 Å². The van der Waals surface area contributed by atoms with Gasteiger partial charge in [0, 0.05) is 18.1 Å². The minimum absolute atomic E-state index is 0.128. The lowest BCUT2D eigenvalue weighted by molar-refractivity contribution is -0.126. The van der Waals surface area contributed by atoms with E-state index in [1.165, 1.54) is 16.4 Å². The number of halogens is 1. The van der Waals surface area contributed by atoms with E-state index in [1.807, 2.05) is 43.3 Å². The predicted octanol–water partition coefficient (Wildman–Crippen LogP) is 3.71. The Kier molecular flexibility index (Phi) is 6.54. The second kappa shape index (κ2) is 8.90. The van der Waals surface area contributed by atoms with Gasteiger partial charge in [-0.15, -0.1) is 0 Å². The number of amides is 1. The van der Waals surface area contributed by atoms with E-state index in [2.05, 4.69) is 5.32 Å². The zero-order valence-electron chi connectivity index (χ0n) is 15.6. The van der Waals surface area contributed by atoms with Gasteiger partial charge in [-0.3, -0.25) is 4.79 Å². The first kappa shape index (κ1) is 20.6. The first-order valence-electron chi connectivity index (χ1n) is 9.15. The van der Waals surface area contributed by atoms with Crippen LogP contribution >= 0.6 is 11.6 Å². The molecule has 1 fully saturated rings. The van der Waals surface area contributed by atoms with Gasteiger partial charge in [0.2, 0.25) is 15.9 Å². The Hall–Kier alpha value is -2.15. The molecule has 2 aromatic carbocycles. The van der Waals surface area contributed by atoms with E-state index in [0.29, 0.717) is 18.0 Å². The van der Waals surface area contributed by atoms with Crippen LogP contribution < -0.4 is 5.32 Å². The summed E-state index contributed by atoms with van der Waals surface area (Å²) in [7, 11) is -3.86. The molecule has 3 rings (SSSR count). The molecular formula is C21H23ClN2O3S. The highest BCUT2D eigenvalue weighted by molar-refractivity contribution is 7.89. The highest BCUT2D eigenvalue weighted by Gasteiger charge is 2.37. The number of benzene rings is 2. The SMILES string of the molecule is C/C(=C\c1ccccc1)CN([C@@H]1CCCNC1=O)S(=O)(=O)c1ccc(Cl)cc1. The fourth-order valence-corrected chi connectivity index (χ4v) is 5.05. The monoisotopic (exact) mass is 418 g/mol. The summed E-state index contributed by atoms with van der Waals surface area (Å²) < 4.78 is 28.0. The van der Waals surface area contributed by atoms with Crippen molar-refractivity contribution in [3.63, 3.8) is 0 Å². The minimum atomic E-state index is -3.86. The van der Waals surface area contributed by atoms with Crippen molar-refractivity contribution in [3.05, 3.63) is 70.8 Å². The molecule has 0 radical (unpaired) electrons. The molecule has 1 N–H and O–H groups in total. The Morgan fingerprint density at radius 1 is 1.18 bits per heavy atom. The molecule has 1 aliphatic heterocycles. The minimum Gasteiger partial charge on any atom is -0.355 e. The van der Waals surface area contributed by atoms with Crippen molar-refractivity contribution < 1.29 is 13.2 Å². The van der Waals surface area contributed by atoms with Crippen LogP contribution in [-0.2, 0) is 14.8 Å². The smallest absolute Gasteiger partial charge is 0.244 e. The summed E-state index contributed by atoms with van der Waals surface area (Å²) >= 11 is 5.91. The largest absolute Gasteiger partial charge is 0.355 e. The summed E-state index contributed by atoms with van der Waals surface area (Å²) in [5.41, 5.74) is 1.83. The Bertz CT molecular complexity index is 957. The highest BCUT2D eigenvalue weighted by atomic mass is 35.5. The van der Waals surface area contributed by atoms with Crippen molar-refractivity contribution in [2.45, 2.75) is 30.7 Å². The van der Waals surface area contributed by atoms with E-state index >= 15 is 0 Å². The third-order valence-corrected chi connectivity index (χ3v) is 6.76. The van der Waals surface area contributed by atoms with Crippen LogP contribution in [0.1, 0.15) is 25.3 Å². The summed E-state index contributed by atoms with van der Waals surface area (Å²) in [6.45, 7) is 2.58. The summed E-state index contributed by atoms with van der Waals surface area (Å²) in [6.07, 6.45) is 3.17. The number of hydrogen-bond acceptors (Lipinski definition) is 3. The summed E-state index contributed by atoms with van der Waals surface area (Å²) in [5, 5.41) is 3.24. The van der Waals surface area contributed by atoms with Crippen LogP contribution in [0.5, 0.6) is 0 Å². The zero-order valence-corrected chi connectivity index (χ0v) is 17.2. The van der Waals surface area contributed by atoms with Gasteiger partial charge in [0.1, 0.15) is 6.04 Å². The molecule has 0 bridgehead atoms. The molecule has 5 nitrogen and oxygen atoms in total. The molecule has 1 atom stereocenters. The van der Waals surface area contributed by atoms with Crippen LogP contribution in [0.25, 0.3) is 6.08 Å². The predicted molar refractivity (Wildman–Crippen MR) is 111 cm³/mol. The van der Waals surface area contributed by atoms with Crippen molar-refractivity contribution in [2.24, 2.45) is 0 Å². The van der Waals surface area contributed by atoms with E-state index in [-0.39, 0.29) is 17.3 Å². The lowest BCUT2D eigenvalue weighted by Crippen LogP contribution is -2.52. The maximum atomic E-state index is 13.4. The van der Waals surface area contributed by atoms with Gasteiger partial charge in [-0.25, -0.2) is 8.42 Å². The maximum absolute atomic E-state index is 13.4. The van der Waals surface area contributed by atoms with Crippen molar-refractivity contribution in [1.82, 2.24) is 9.62 Å². The molecule has 148 valence electrons. The molecule has 0 saturated carbocycles. The number of carbonyl (C=O) groups excluding carboxylic acids is 1. The van der Waals surface area contributed by atoms with Gasteiger partial charge in [-0.05, 0) is 49.6 Å². The van der Waals surface area contributed by atoms with E-state index in [0.717, 1.165) is 17.6 Å². The fourth-order valence-electron chi connectivity index (χ4n) is 3.26. The van der Waals surface area contributed by atoms with Crippen molar-refractivity contribution in [1.29, 1.82) is 0 Å². The lowest BCUT2D eigenvalue weighted by atomic mass is 10.1. The molecule has 7 heteroatoms. The number of piperidine rings is 1. The molecule has 1 aliphatic rings. The van der Waals surface area contributed by atoms with Crippen molar-refractivity contribution in [3.8, 4) is 0 Å². The van der Waals surface area contributed by atoms with Crippen LogP contribution in [0.2, 0.25) is 5.02 Å². The second-order valence-electron chi connectivity index (χ2n) is 6.85. The molecule has 1 amide bonds. The third-order valence-electron chi connectivity index (χ3n) is 4.64. The van der Waals surface area contributed by atoms with Crippen LogP contribution in [-0.4, -0.2) is 37.8 Å². The number of carbonyl (C=O) groups is 1. The van der Waals surface area contributed by atoms with Gasteiger partial charge < -0.3 is 5.32 Å². The first-order valence-corrected chi connectivity index (χ1v) is 11.0. The zero-order chi connectivity index (χ0) is 20.1. The topological polar surface area (TPSA) is 66.5 Å². The fraction of sp³-hybridized carbons (Fsp3) is 0.286. The number of rotatable bonds is 6. The van der Waals surface area contributed by atoms with Gasteiger partial charge in [0.25, 0.3) is 0 Å². The normalized spacial score (nSPS) is 18.2. The average molecular weight is 419 g/mol.